The summed E-state index contributed by atoms with van der Waals surface area (Å²) >= 11 is 0. The van der Waals surface area contributed by atoms with Crippen LogP contribution in [0.25, 0.3) is 0 Å². The van der Waals surface area contributed by atoms with Crippen molar-refractivity contribution in [2.45, 2.75) is 78.0 Å². The van der Waals surface area contributed by atoms with E-state index in [1.165, 1.54) is 0 Å². The minimum absolute atomic E-state index is 0.0161. The van der Waals surface area contributed by atoms with Crippen LogP contribution in [0.2, 0.25) is 0 Å². The lowest BCUT2D eigenvalue weighted by atomic mass is 9.91. The van der Waals surface area contributed by atoms with E-state index in [4.69, 9.17) is 18.9 Å². The van der Waals surface area contributed by atoms with E-state index in [2.05, 4.69) is 5.32 Å². The van der Waals surface area contributed by atoms with Gasteiger partial charge in [0.25, 0.3) is 0 Å². The van der Waals surface area contributed by atoms with E-state index >= 15 is 0 Å². The first-order chi connectivity index (χ1) is 17.6. The second-order valence-electron chi connectivity index (χ2n) is 9.60. The van der Waals surface area contributed by atoms with Crippen molar-refractivity contribution in [3.63, 3.8) is 0 Å². The number of hydrogen-bond donors (Lipinski definition) is 1. The molecule has 0 saturated carbocycles. The monoisotopic (exact) mass is 513 g/mol. The number of alkyl carbamates (subject to hydrolysis) is 1. The summed E-state index contributed by atoms with van der Waals surface area (Å²) in [6, 6.07) is 17.8. The van der Waals surface area contributed by atoms with E-state index < -0.39 is 29.2 Å². The van der Waals surface area contributed by atoms with Crippen LogP contribution in [-0.2, 0) is 36.8 Å². The van der Waals surface area contributed by atoms with E-state index in [1.807, 2.05) is 54.6 Å². The second-order valence-corrected chi connectivity index (χ2v) is 9.60. The molecule has 2 aromatic carbocycles. The third kappa shape index (κ3) is 9.79. The normalized spacial score (nSPS) is 11.4. The van der Waals surface area contributed by atoms with Gasteiger partial charge >= 0.3 is 18.0 Å². The van der Waals surface area contributed by atoms with Crippen LogP contribution in [0.1, 0.15) is 65.0 Å². The molecule has 0 aliphatic rings. The van der Waals surface area contributed by atoms with E-state index in [-0.39, 0.29) is 19.6 Å². The quantitative estimate of drug-likeness (QED) is 0.166. The predicted molar refractivity (Wildman–Crippen MR) is 140 cm³/mol. The van der Waals surface area contributed by atoms with Crippen LogP contribution in [0, 0.1) is 0 Å². The van der Waals surface area contributed by atoms with Crippen molar-refractivity contribution in [2.75, 3.05) is 13.2 Å². The first-order valence-electron chi connectivity index (χ1n) is 12.7. The van der Waals surface area contributed by atoms with E-state index in [0.29, 0.717) is 25.9 Å². The van der Waals surface area contributed by atoms with Gasteiger partial charge in [-0.1, -0.05) is 42.5 Å². The number of hydrogen-bond acceptors (Lipinski definition) is 7. The number of carbonyl (C=O) groups is 3. The number of rotatable bonds is 13. The molecule has 8 heteroatoms. The van der Waals surface area contributed by atoms with Crippen molar-refractivity contribution < 1.29 is 33.3 Å². The number of aryl methyl sites for hydroxylation is 1. The zero-order chi connectivity index (χ0) is 27.3. The van der Waals surface area contributed by atoms with E-state index in [9.17, 15) is 14.4 Å². The molecular formula is C29H39NO7. The highest BCUT2D eigenvalue weighted by Crippen LogP contribution is 2.23. The number of carbonyl (C=O) groups excluding carboxylic acids is 3. The predicted octanol–water partition coefficient (Wildman–Crippen LogP) is 5.37. The Balaban J connectivity index is 2.02. The van der Waals surface area contributed by atoms with Gasteiger partial charge in [-0.15, -0.1) is 0 Å². The largest absolute Gasteiger partial charge is 0.489 e. The van der Waals surface area contributed by atoms with Gasteiger partial charge in [0.1, 0.15) is 18.0 Å². The Bertz CT molecular complexity index is 979. The smallest absolute Gasteiger partial charge is 0.409 e. The molecule has 8 nitrogen and oxygen atoms in total. The molecule has 1 amide bonds. The van der Waals surface area contributed by atoms with Crippen LogP contribution in [-0.4, -0.2) is 42.4 Å². The fraction of sp³-hybridized carbons (Fsp3) is 0.483. The average molecular weight is 514 g/mol. The molecular weight excluding hydrogens is 474 g/mol. The molecule has 0 fully saturated rings. The molecule has 0 radical (unpaired) electrons. The van der Waals surface area contributed by atoms with Gasteiger partial charge in [-0.05, 0) is 83.6 Å². The lowest BCUT2D eigenvalue weighted by Gasteiger charge is -2.31. The summed E-state index contributed by atoms with van der Waals surface area (Å²) in [7, 11) is 0. The highest BCUT2D eigenvalue weighted by Gasteiger charge is 2.50. The topological polar surface area (TPSA) is 100 Å². The number of unbranched alkanes of at least 4 members (excludes halogenated alkanes) is 1. The highest BCUT2D eigenvalue weighted by atomic mass is 16.6. The van der Waals surface area contributed by atoms with Gasteiger partial charge in [-0.25, -0.2) is 14.4 Å². The van der Waals surface area contributed by atoms with Gasteiger partial charge in [-0.3, -0.25) is 5.32 Å². The third-order valence-electron chi connectivity index (χ3n) is 5.40. The summed E-state index contributed by atoms with van der Waals surface area (Å²) in [5.74, 6) is -0.948. The van der Waals surface area contributed by atoms with Crippen LogP contribution >= 0.6 is 0 Å². The minimum atomic E-state index is -1.98. The number of ether oxygens (including phenoxy) is 4. The Hall–Kier alpha value is -3.55. The number of amides is 1. The molecule has 202 valence electrons. The number of nitrogens with one attached hydrogen (secondary N) is 1. The lowest BCUT2D eigenvalue weighted by Crippen LogP contribution is -2.62. The number of benzene rings is 2. The summed E-state index contributed by atoms with van der Waals surface area (Å²) in [6.45, 7) is 8.95. The molecule has 0 aliphatic carbocycles. The van der Waals surface area contributed by atoms with Gasteiger partial charge in [0.05, 0.1) is 13.2 Å². The van der Waals surface area contributed by atoms with Crippen LogP contribution in [0.5, 0.6) is 5.75 Å². The maximum atomic E-state index is 12.9. The van der Waals surface area contributed by atoms with Crippen molar-refractivity contribution in [3.05, 3.63) is 65.7 Å². The molecule has 0 aromatic heterocycles. The van der Waals surface area contributed by atoms with Gasteiger partial charge in [0, 0.05) is 0 Å². The van der Waals surface area contributed by atoms with E-state index in [0.717, 1.165) is 16.9 Å². The van der Waals surface area contributed by atoms with Crippen molar-refractivity contribution in [1.29, 1.82) is 0 Å². The molecule has 0 aliphatic heterocycles. The Morgan fingerprint density at radius 1 is 0.784 bits per heavy atom. The molecule has 2 rings (SSSR count). The molecule has 0 saturated heterocycles. The second kappa shape index (κ2) is 14.3. The molecule has 0 bridgehead atoms. The summed E-state index contributed by atoms with van der Waals surface area (Å²) in [5, 5.41) is 2.46. The number of esters is 2. The summed E-state index contributed by atoms with van der Waals surface area (Å²) < 4.78 is 21.5. The molecule has 37 heavy (non-hydrogen) atoms. The van der Waals surface area contributed by atoms with Crippen LogP contribution in [0.15, 0.2) is 54.6 Å². The van der Waals surface area contributed by atoms with Crippen molar-refractivity contribution in [3.8, 4) is 5.75 Å². The maximum Gasteiger partial charge on any atom is 0.409 e. The molecule has 0 spiro atoms. The first-order valence-corrected chi connectivity index (χ1v) is 12.7. The van der Waals surface area contributed by atoms with Crippen molar-refractivity contribution >= 4 is 18.0 Å². The highest BCUT2D eigenvalue weighted by molar-refractivity contribution is 6.07. The first kappa shape index (κ1) is 29.7. The Kier molecular flexibility index (Phi) is 11.4. The van der Waals surface area contributed by atoms with Crippen LogP contribution in [0.4, 0.5) is 4.79 Å². The fourth-order valence-electron chi connectivity index (χ4n) is 3.65. The Morgan fingerprint density at radius 3 is 1.92 bits per heavy atom. The Morgan fingerprint density at radius 2 is 1.38 bits per heavy atom. The summed E-state index contributed by atoms with van der Waals surface area (Å²) in [4.78, 5) is 38.4. The van der Waals surface area contributed by atoms with Gasteiger partial charge < -0.3 is 18.9 Å². The third-order valence-corrected chi connectivity index (χ3v) is 5.40. The minimum Gasteiger partial charge on any atom is -0.489 e. The van der Waals surface area contributed by atoms with Crippen molar-refractivity contribution in [2.24, 2.45) is 0 Å². The van der Waals surface area contributed by atoms with E-state index in [1.54, 1.807) is 34.6 Å². The zero-order valence-electron chi connectivity index (χ0n) is 22.5. The maximum absolute atomic E-state index is 12.9. The van der Waals surface area contributed by atoms with Crippen LogP contribution < -0.4 is 10.1 Å². The summed E-state index contributed by atoms with van der Waals surface area (Å²) in [5.41, 5.74) is -0.608. The molecule has 0 heterocycles. The summed E-state index contributed by atoms with van der Waals surface area (Å²) in [6.07, 6.45) is 0.968. The standard InChI is InChI=1S/C29H39NO7/c1-6-34-25(31)29(26(32)35-7-2,30-27(33)37-28(3,4)5)20-12-11-13-22-16-18-24(19-17-22)36-21-23-14-9-8-10-15-23/h8-10,14-19H,6-7,11-13,20-21H2,1-5H3,(H,30,33). The van der Waals surface area contributed by atoms with Gasteiger partial charge in [0.15, 0.2) is 0 Å². The lowest BCUT2D eigenvalue weighted by molar-refractivity contribution is -0.166. The van der Waals surface area contributed by atoms with Gasteiger partial charge in [0.2, 0.25) is 5.54 Å². The zero-order valence-corrected chi connectivity index (χ0v) is 22.5. The SMILES string of the molecule is CCOC(=O)C(CCCCc1ccc(OCc2ccccc2)cc1)(NC(=O)OC(C)(C)C)C(=O)OCC. The molecule has 2 aromatic rings. The average Bonchev–Trinajstić information content (AvgIpc) is 2.85. The van der Waals surface area contributed by atoms with Gasteiger partial charge in [-0.2, -0.15) is 0 Å². The Labute approximate surface area is 219 Å². The molecule has 1 N–H and O–H groups in total. The molecule has 0 unspecified atom stereocenters. The molecule has 0 atom stereocenters. The van der Waals surface area contributed by atoms with Crippen LogP contribution in [0.3, 0.4) is 0 Å². The fourth-order valence-corrected chi connectivity index (χ4v) is 3.65. The van der Waals surface area contributed by atoms with Crippen molar-refractivity contribution in [1.82, 2.24) is 5.32 Å².